The average molecular weight is 254 g/mol. The Kier molecular flexibility index (Phi) is 2.57. The van der Waals surface area contributed by atoms with Crippen molar-refractivity contribution in [2.45, 2.75) is 0 Å². The second-order valence-corrected chi connectivity index (χ2v) is 3.88. The van der Waals surface area contributed by atoms with Crippen LogP contribution in [-0.2, 0) is 0 Å². The van der Waals surface area contributed by atoms with Gasteiger partial charge in [-0.15, -0.1) is 5.10 Å². The number of hydrogen-bond acceptors (Lipinski definition) is 5. The molecule has 0 bridgehead atoms. The van der Waals surface area contributed by atoms with Gasteiger partial charge in [0.05, 0.1) is 17.4 Å². The van der Waals surface area contributed by atoms with Crippen LogP contribution in [0.1, 0.15) is 5.69 Å². The molecule has 3 rings (SSSR count). The fourth-order valence-electron chi connectivity index (χ4n) is 1.77. The predicted molar refractivity (Wildman–Crippen MR) is 69.2 cm³/mol. The van der Waals surface area contributed by atoms with Gasteiger partial charge in [0, 0.05) is 0 Å². The van der Waals surface area contributed by atoms with Gasteiger partial charge in [-0.25, -0.2) is 4.68 Å². The van der Waals surface area contributed by atoms with E-state index >= 15 is 0 Å². The van der Waals surface area contributed by atoms with E-state index in [9.17, 15) is 0 Å². The van der Waals surface area contributed by atoms with Crippen molar-refractivity contribution in [1.29, 1.82) is 0 Å². The van der Waals surface area contributed by atoms with Gasteiger partial charge in [0.25, 0.3) is 0 Å². The molecule has 2 heterocycles. The third-order valence-electron chi connectivity index (χ3n) is 2.71. The molecule has 19 heavy (non-hydrogen) atoms. The molecule has 3 N–H and O–H groups in total. The van der Waals surface area contributed by atoms with Gasteiger partial charge in [-0.3, -0.25) is 4.98 Å². The van der Waals surface area contributed by atoms with Crippen molar-refractivity contribution in [3.8, 4) is 5.69 Å². The molecule has 0 aliphatic heterocycles. The van der Waals surface area contributed by atoms with E-state index < -0.39 is 0 Å². The second-order valence-electron chi connectivity index (χ2n) is 3.88. The van der Waals surface area contributed by atoms with Gasteiger partial charge in [-0.2, -0.15) is 0 Å². The van der Waals surface area contributed by atoms with Crippen molar-refractivity contribution in [1.82, 2.24) is 20.0 Å². The fraction of sp³-hybridized carbons (Fsp3) is 0. The minimum absolute atomic E-state index is 0.0324. The number of hydrogen-bond donors (Lipinski definition) is 2. The Morgan fingerprint density at radius 1 is 1.21 bits per heavy atom. The molecule has 0 aliphatic rings. The molecule has 1 aromatic carbocycles. The molecule has 0 saturated heterocycles. The molecule has 7 heteroatoms. The van der Waals surface area contributed by atoms with E-state index in [1.807, 2.05) is 24.3 Å². The smallest absolute Gasteiger partial charge is 0.188 e. The predicted octanol–water partition coefficient (Wildman–Crippen LogP) is 0.910. The van der Waals surface area contributed by atoms with Crippen molar-refractivity contribution in [3.63, 3.8) is 0 Å². The molecule has 0 atom stereocenters. The number of pyridine rings is 1. The molecule has 0 fully saturated rings. The Bertz CT molecular complexity index is 746. The van der Waals surface area contributed by atoms with Gasteiger partial charge in [0.2, 0.25) is 0 Å². The molecule has 94 valence electrons. The second kappa shape index (κ2) is 4.37. The average Bonchev–Trinajstić information content (AvgIpc) is 2.90. The number of oxime groups is 1. The Balaban J connectivity index is 2.07. The van der Waals surface area contributed by atoms with E-state index in [0.717, 1.165) is 16.7 Å². The number of fused-ring (bicyclic) bond motifs is 1. The lowest BCUT2D eigenvalue weighted by Crippen LogP contribution is -2.15. The number of rotatable bonds is 2. The monoisotopic (exact) mass is 254 g/mol. The zero-order chi connectivity index (χ0) is 13.2. The van der Waals surface area contributed by atoms with Crippen LogP contribution < -0.4 is 5.73 Å². The van der Waals surface area contributed by atoms with Crippen LogP contribution in [0.2, 0.25) is 0 Å². The Morgan fingerprint density at radius 3 is 2.79 bits per heavy atom. The third-order valence-corrected chi connectivity index (χ3v) is 2.71. The molecule has 0 spiro atoms. The van der Waals surface area contributed by atoms with Crippen LogP contribution in [0.3, 0.4) is 0 Å². The van der Waals surface area contributed by atoms with Crippen LogP contribution in [-0.4, -0.2) is 31.0 Å². The van der Waals surface area contributed by atoms with E-state index in [0.29, 0.717) is 5.69 Å². The van der Waals surface area contributed by atoms with E-state index in [2.05, 4.69) is 20.5 Å². The quantitative estimate of drug-likeness (QED) is 0.306. The fourth-order valence-corrected chi connectivity index (χ4v) is 1.77. The maximum Gasteiger partial charge on any atom is 0.188 e. The van der Waals surface area contributed by atoms with Crippen molar-refractivity contribution in [2.75, 3.05) is 0 Å². The van der Waals surface area contributed by atoms with E-state index in [1.165, 1.54) is 0 Å². The van der Waals surface area contributed by atoms with Crippen molar-refractivity contribution in [3.05, 3.63) is 48.3 Å². The van der Waals surface area contributed by atoms with Crippen LogP contribution in [0.25, 0.3) is 16.7 Å². The van der Waals surface area contributed by atoms with E-state index in [4.69, 9.17) is 10.9 Å². The van der Waals surface area contributed by atoms with Crippen molar-refractivity contribution >= 4 is 16.9 Å². The number of nitrogens with zero attached hydrogens (tertiary/aromatic N) is 5. The van der Waals surface area contributed by atoms with Gasteiger partial charge < -0.3 is 10.9 Å². The summed E-state index contributed by atoms with van der Waals surface area (Å²) in [6.07, 6.45) is 1.59. The lowest BCUT2D eigenvalue weighted by atomic mass is 10.3. The first kappa shape index (κ1) is 11.1. The summed E-state index contributed by atoms with van der Waals surface area (Å²) in [6, 6.07) is 11.1. The lowest BCUT2D eigenvalue weighted by Gasteiger charge is -2.02. The summed E-state index contributed by atoms with van der Waals surface area (Å²) in [5.74, 6) is -0.0324. The molecule has 0 aliphatic carbocycles. The van der Waals surface area contributed by atoms with E-state index in [-0.39, 0.29) is 5.84 Å². The number of para-hydroxylation sites is 1. The molecule has 7 nitrogen and oxygen atoms in total. The minimum atomic E-state index is -0.0324. The number of amidine groups is 1. The number of benzene rings is 1. The highest BCUT2D eigenvalue weighted by atomic mass is 16.4. The minimum Gasteiger partial charge on any atom is -0.409 e. The van der Waals surface area contributed by atoms with Gasteiger partial charge >= 0.3 is 0 Å². The summed E-state index contributed by atoms with van der Waals surface area (Å²) < 4.78 is 1.68. The van der Waals surface area contributed by atoms with Crippen LogP contribution >= 0.6 is 0 Å². The molecule has 2 aromatic heterocycles. The first-order valence-corrected chi connectivity index (χ1v) is 5.54. The highest BCUT2D eigenvalue weighted by molar-refractivity contribution is 5.95. The molecule has 0 saturated carbocycles. The SMILES string of the molecule is N/C(=N/O)c1ccc(-n2nnc3ccccc32)cn1. The highest BCUT2D eigenvalue weighted by Crippen LogP contribution is 2.15. The third kappa shape index (κ3) is 1.86. The molecular weight excluding hydrogens is 244 g/mol. The molecule has 0 amide bonds. The summed E-state index contributed by atoms with van der Waals surface area (Å²) in [5, 5.41) is 19.6. The molecular formula is C12H10N6O. The van der Waals surface area contributed by atoms with Crippen molar-refractivity contribution in [2.24, 2.45) is 10.9 Å². The molecule has 0 radical (unpaired) electrons. The summed E-state index contributed by atoms with van der Waals surface area (Å²) in [4.78, 5) is 4.11. The Hall–Kier alpha value is -2.96. The maximum absolute atomic E-state index is 8.58. The summed E-state index contributed by atoms with van der Waals surface area (Å²) >= 11 is 0. The molecule has 0 unspecified atom stereocenters. The number of aromatic nitrogens is 4. The van der Waals surface area contributed by atoms with Crippen molar-refractivity contribution < 1.29 is 5.21 Å². The van der Waals surface area contributed by atoms with Gasteiger partial charge in [0.15, 0.2) is 5.84 Å². The van der Waals surface area contributed by atoms with Crippen LogP contribution in [0.4, 0.5) is 0 Å². The standard InChI is InChI=1S/C12H10N6O/c13-12(16-19)10-6-5-8(7-14-10)18-11-4-2-1-3-9(11)15-17-18/h1-7,19H,(H2,13,16). The summed E-state index contributed by atoms with van der Waals surface area (Å²) in [5.41, 5.74) is 8.31. The normalized spacial score (nSPS) is 11.9. The first-order chi connectivity index (χ1) is 9.29. The zero-order valence-corrected chi connectivity index (χ0v) is 9.80. The summed E-state index contributed by atoms with van der Waals surface area (Å²) in [7, 11) is 0. The van der Waals surface area contributed by atoms with Gasteiger partial charge in [-0.05, 0) is 24.3 Å². The van der Waals surface area contributed by atoms with Crippen LogP contribution in [0.5, 0.6) is 0 Å². The Labute approximate surface area is 108 Å². The molecule has 3 aromatic rings. The number of nitrogens with two attached hydrogens (primary N) is 1. The maximum atomic E-state index is 8.58. The zero-order valence-electron chi connectivity index (χ0n) is 9.80. The first-order valence-electron chi connectivity index (χ1n) is 5.54. The largest absolute Gasteiger partial charge is 0.409 e. The van der Waals surface area contributed by atoms with Gasteiger partial charge in [-0.1, -0.05) is 22.5 Å². The van der Waals surface area contributed by atoms with Gasteiger partial charge in [0.1, 0.15) is 11.2 Å². The van der Waals surface area contributed by atoms with Crippen LogP contribution in [0, 0.1) is 0 Å². The highest BCUT2D eigenvalue weighted by Gasteiger charge is 2.07. The topological polar surface area (TPSA) is 102 Å². The lowest BCUT2D eigenvalue weighted by molar-refractivity contribution is 0.318. The summed E-state index contributed by atoms with van der Waals surface area (Å²) in [6.45, 7) is 0. The Morgan fingerprint density at radius 2 is 2.05 bits per heavy atom. The van der Waals surface area contributed by atoms with Crippen LogP contribution in [0.15, 0.2) is 47.8 Å². The van der Waals surface area contributed by atoms with E-state index in [1.54, 1.807) is 23.0 Å².